The lowest BCUT2D eigenvalue weighted by Crippen LogP contribution is -2.37. The zero-order valence-electron chi connectivity index (χ0n) is 11.9. The van der Waals surface area contributed by atoms with Crippen molar-refractivity contribution in [2.45, 2.75) is 52.0 Å². The van der Waals surface area contributed by atoms with Crippen LogP contribution in [0.2, 0.25) is 0 Å². The molecule has 0 aromatic rings. The Bertz CT molecular complexity index is 334. The average Bonchev–Trinajstić information content (AvgIpc) is 2.27. The number of nitrogens with one attached hydrogen (secondary N) is 1. The van der Waals surface area contributed by atoms with Crippen LogP contribution in [0, 0.1) is 0 Å². The molecule has 1 atom stereocenters. The van der Waals surface area contributed by atoms with Crippen molar-refractivity contribution in [1.82, 2.24) is 5.32 Å². The van der Waals surface area contributed by atoms with Gasteiger partial charge in [-0.1, -0.05) is 19.8 Å². The molecule has 0 aliphatic heterocycles. The fourth-order valence-corrected chi connectivity index (χ4v) is 2.75. The van der Waals surface area contributed by atoms with Crippen LogP contribution in [-0.4, -0.2) is 38.4 Å². The Kier molecular flexibility index (Phi) is 12.7. The molecule has 1 amide bonds. The Labute approximate surface area is 123 Å². The molecule has 0 aliphatic rings. The summed E-state index contributed by atoms with van der Waals surface area (Å²) in [6, 6.07) is -0.313. The van der Waals surface area contributed by atoms with E-state index in [9.17, 15) is 13.2 Å². The minimum Gasteiger partial charge on any atom is -0.353 e. The number of carbonyl (C=O) groups excluding carboxylic acids is 1. The van der Waals surface area contributed by atoms with Gasteiger partial charge in [-0.05, 0) is 26.3 Å². The van der Waals surface area contributed by atoms with Gasteiger partial charge in [0.25, 0.3) is 0 Å². The van der Waals surface area contributed by atoms with E-state index < -0.39 is 9.84 Å². The van der Waals surface area contributed by atoms with E-state index in [1.807, 2.05) is 0 Å². The number of nitrogens with two attached hydrogens (primary N) is 1. The molecular formula is C12H27ClN2O3S. The summed E-state index contributed by atoms with van der Waals surface area (Å²) in [5, 5.41) is 2.72. The smallest absolute Gasteiger partial charge is 0.220 e. The quantitative estimate of drug-likeness (QED) is 0.594. The lowest BCUT2D eigenvalue weighted by atomic mass is 10.1. The van der Waals surface area contributed by atoms with Gasteiger partial charge < -0.3 is 11.1 Å². The lowest BCUT2D eigenvalue weighted by molar-refractivity contribution is -0.121. The first-order valence-corrected chi connectivity index (χ1v) is 8.43. The van der Waals surface area contributed by atoms with E-state index in [1.54, 1.807) is 13.8 Å². The normalized spacial score (nSPS) is 12.6. The largest absolute Gasteiger partial charge is 0.353 e. The monoisotopic (exact) mass is 314 g/mol. The van der Waals surface area contributed by atoms with Crippen molar-refractivity contribution in [2.24, 2.45) is 5.73 Å². The van der Waals surface area contributed by atoms with Gasteiger partial charge >= 0.3 is 0 Å². The van der Waals surface area contributed by atoms with Crippen LogP contribution in [-0.2, 0) is 14.6 Å². The third kappa shape index (κ3) is 12.4. The maximum atomic E-state index is 11.5. The molecule has 0 spiro atoms. The Morgan fingerprint density at radius 1 is 1.21 bits per heavy atom. The van der Waals surface area contributed by atoms with Gasteiger partial charge in [0.2, 0.25) is 5.91 Å². The zero-order chi connectivity index (χ0) is 14.0. The van der Waals surface area contributed by atoms with Gasteiger partial charge in [0.15, 0.2) is 9.84 Å². The number of hydrogen-bond acceptors (Lipinski definition) is 4. The maximum Gasteiger partial charge on any atom is 0.220 e. The molecule has 0 saturated heterocycles. The number of rotatable bonds is 10. The summed E-state index contributed by atoms with van der Waals surface area (Å²) in [6.07, 6.45) is 4.32. The maximum absolute atomic E-state index is 11.5. The van der Waals surface area contributed by atoms with Crippen LogP contribution < -0.4 is 11.1 Å². The van der Waals surface area contributed by atoms with Crippen LogP contribution in [0.15, 0.2) is 0 Å². The number of hydrogen-bond donors (Lipinski definition) is 2. The van der Waals surface area contributed by atoms with Crippen molar-refractivity contribution in [3.63, 3.8) is 0 Å². The fraction of sp³-hybridized carbons (Fsp3) is 0.917. The van der Waals surface area contributed by atoms with Crippen molar-refractivity contribution < 1.29 is 13.2 Å². The standard InChI is InChI=1S/C12H26N2O3S.ClH/c1-3-18(16,17)10-11(2)14-12(15)8-6-4-5-7-9-13;/h11H,3-10,13H2,1-2H3,(H,14,15);1H. The number of sulfone groups is 1. The molecule has 0 fully saturated rings. The van der Waals surface area contributed by atoms with Gasteiger partial charge in [0.1, 0.15) is 0 Å². The zero-order valence-corrected chi connectivity index (χ0v) is 13.5. The average molecular weight is 315 g/mol. The van der Waals surface area contributed by atoms with E-state index in [4.69, 9.17) is 5.73 Å². The van der Waals surface area contributed by atoms with Gasteiger partial charge in [0, 0.05) is 18.2 Å². The van der Waals surface area contributed by atoms with Gasteiger partial charge in [-0.15, -0.1) is 12.4 Å². The van der Waals surface area contributed by atoms with Crippen molar-refractivity contribution in [3.05, 3.63) is 0 Å². The van der Waals surface area contributed by atoms with Crippen LogP contribution >= 0.6 is 12.4 Å². The second kappa shape index (κ2) is 11.5. The highest BCUT2D eigenvalue weighted by molar-refractivity contribution is 7.91. The highest BCUT2D eigenvalue weighted by Gasteiger charge is 2.15. The molecule has 5 nitrogen and oxygen atoms in total. The Balaban J connectivity index is 0. The Morgan fingerprint density at radius 2 is 1.79 bits per heavy atom. The summed E-state index contributed by atoms with van der Waals surface area (Å²) in [7, 11) is -3.03. The molecule has 0 aromatic carbocycles. The van der Waals surface area contributed by atoms with Crippen LogP contribution in [0.25, 0.3) is 0 Å². The van der Waals surface area contributed by atoms with E-state index in [0.717, 1.165) is 25.7 Å². The van der Waals surface area contributed by atoms with E-state index in [2.05, 4.69) is 5.32 Å². The van der Waals surface area contributed by atoms with Gasteiger partial charge in [-0.2, -0.15) is 0 Å². The first kappa shape index (κ1) is 21.0. The summed E-state index contributed by atoms with van der Waals surface area (Å²) >= 11 is 0. The Morgan fingerprint density at radius 3 is 2.32 bits per heavy atom. The van der Waals surface area contributed by atoms with Crippen LogP contribution in [0.3, 0.4) is 0 Å². The molecule has 0 radical (unpaired) electrons. The third-order valence-corrected chi connectivity index (χ3v) is 4.60. The highest BCUT2D eigenvalue weighted by Crippen LogP contribution is 2.03. The van der Waals surface area contributed by atoms with Crippen molar-refractivity contribution in [1.29, 1.82) is 0 Å². The predicted molar refractivity (Wildman–Crippen MR) is 81.3 cm³/mol. The molecule has 19 heavy (non-hydrogen) atoms. The minimum absolute atomic E-state index is 0. The summed E-state index contributed by atoms with van der Waals surface area (Å²) in [4.78, 5) is 11.5. The fourth-order valence-electron chi connectivity index (χ4n) is 1.67. The van der Waals surface area contributed by atoms with Crippen LogP contribution in [0.5, 0.6) is 0 Å². The van der Waals surface area contributed by atoms with Crippen LogP contribution in [0.4, 0.5) is 0 Å². The Hall–Kier alpha value is -0.330. The molecule has 0 aromatic heterocycles. The van der Waals surface area contributed by atoms with Crippen molar-refractivity contribution >= 4 is 28.2 Å². The molecule has 0 aliphatic carbocycles. The second-order valence-corrected chi connectivity index (χ2v) is 7.02. The summed E-state index contributed by atoms with van der Waals surface area (Å²) in [5.41, 5.74) is 5.37. The molecule has 116 valence electrons. The molecule has 7 heteroatoms. The molecule has 0 saturated carbocycles. The summed E-state index contributed by atoms with van der Waals surface area (Å²) < 4.78 is 22.7. The van der Waals surface area contributed by atoms with E-state index >= 15 is 0 Å². The molecule has 3 N–H and O–H groups in total. The topological polar surface area (TPSA) is 89.3 Å². The summed E-state index contributed by atoms with van der Waals surface area (Å²) in [5.74, 6) is 0.0656. The second-order valence-electron chi connectivity index (χ2n) is 4.62. The molecule has 0 rings (SSSR count). The van der Waals surface area contributed by atoms with E-state index in [1.165, 1.54) is 0 Å². The molecule has 0 heterocycles. The van der Waals surface area contributed by atoms with Crippen molar-refractivity contribution in [2.75, 3.05) is 18.1 Å². The SMILES string of the molecule is CCS(=O)(=O)CC(C)NC(=O)CCCCCCN.Cl. The number of halogens is 1. The first-order valence-electron chi connectivity index (χ1n) is 6.61. The molecule has 1 unspecified atom stereocenters. The van der Waals surface area contributed by atoms with E-state index in [0.29, 0.717) is 13.0 Å². The first-order chi connectivity index (χ1) is 8.41. The highest BCUT2D eigenvalue weighted by atomic mass is 35.5. The van der Waals surface area contributed by atoms with Gasteiger partial charge in [-0.25, -0.2) is 8.42 Å². The van der Waals surface area contributed by atoms with Gasteiger partial charge in [-0.3, -0.25) is 4.79 Å². The third-order valence-electron chi connectivity index (χ3n) is 2.71. The lowest BCUT2D eigenvalue weighted by Gasteiger charge is -2.13. The predicted octanol–water partition coefficient (Wildman–Crippen LogP) is 1.26. The number of carbonyl (C=O) groups is 1. The van der Waals surface area contributed by atoms with E-state index in [-0.39, 0.29) is 35.9 Å². The number of amides is 1. The molecule has 0 bridgehead atoms. The number of unbranched alkanes of at least 4 members (excludes halogenated alkanes) is 3. The van der Waals surface area contributed by atoms with Gasteiger partial charge in [0.05, 0.1) is 5.75 Å². The van der Waals surface area contributed by atoms with Crippen LogP contribution in [0.1, 0.15) is 46.0 Å². The minimum atomic E-state index is -3.03. The molecular weight excluding hydrogens is 288 g/mol. The van der Waals surface area contributed by atoms with Crippen molar-refractivity contribution in [3.8, 4) is 0 Å². The summed E-state index contributed by atoms with van der Waals surface area (Å²) in [6.45, 7) is 4.03.